The largest absolute Gasteiger partial charge is 0.291 e. The highest BCUT2D eigenvalue weighted by Gasteiger charge is 2.16. The Balaban J connectivity index is 2.15. The van der Waals surface area contributed by atoms with Crippen LogP contribution in [0.15, 0.2) is 28.9 Å². The maximum atomic E-state index is 12.5. The minimum Gasteiger partial charge on any atom is -0.204 e. The van der Waals surface area contributed by atoms with Crippen molar-refractivity contribution in [3.63, 3.8) is 0 Å². The van der Waals surface area contributed by atoms with Crippen LogP contribution in [0.3, 0.4) is 0 Å². The Bertz CT molecular complexity index is 709. The quantitative estimate of drug-likeness (QED) is 0.721. The molecule has 0 aliphatic carbocycles. The summed E-state index contributed by atoms with van der Waals surface area (Å²) in [6, 6.07) is 5.63. The first kappa shape index (κ1) is 11.7. The molecule has 0 bridgehead atoms. The summed E-state index contributed by atoms with van der Waals surface area (Å²) in [5, 5.41) is 12.3. The zero-order valence-electron chi connectivity index (χ0n) is 8.72. The Hall–Kier alpha value is -1.41. The summed E-state index contributed by atoms with van der Waals surface area (Å²) in [4.78, 5) is 0. The van der Waals surface area contributed by atoms with Gasteiger partial charge in [-0.1, -0.05) is 33.3 Å². The van der Waals surface area contributed by atoms with Gasteiger partial charge >= 0.3 is 0 Å². The highest BCUT2D eigenvalue weighted by atomic mass is 79.9. The first-order valence-electron chi connectivity index (χ1n) is 4.90. The van der Waals surface area contributed by atoms with Crippen LogP contribution in [0.2, 0.25) is 0 Å². The minimum absolute atomic E-state index is 0.302. The fourth-order valence-corrected chi connectivity index (χ4v) is 2.56. The monoisotopic (exact) mass is 330 g/mol. The summed E-state index contributed by atoms with van der Waals surface area (Å²) in [7, 11) is 0. The number of hydrogen-bond acceptors (Lipinski definition) is 4. The van der Waals surface area contributed by atoms with E-state index in [1.807, 2.05) is 18.2 Å². The molecule has 0 saturated heterocycles. The lowest BCUT2D eigenvalue weighted by Crippen LogP contribution is -1.94. The molecule has 2 heterocycles. The van der Waals surface area contributed by atoms with Crippen LogP contribution in [0.5, 0.6) is 0 Å². The van der Waals surface area contributed by atoms with E-state index in [2.05, 4.69) is 31.2 Å². The topological polar surface area (TPSA) is 43.6 Å². The van der Waals surface area contributed by atoms with Gasteiger partial charge in [0.2, 0.25) is 5.13 Å². The van der Waals surface area contributed by atoms with Gasteiger partial charge in [-0.05, 0) is 12.1 Å². The maximum absolute atomic E-state index is 12.5. The average Bonchev–Trinajstić information content (AvgIpc) is 2.93. The molecule has 0 N–H and O–H groups in total. The summed E-state index contributed by atoms with van der Waals surface area (Å²) in [5.74, 6) is 0. The molecule has 0 aliphatic heterocycles. The van der Waals surface area contributed by atoms with Gasteiger partial charge < -0.3 is 0 Å². The van der Waals surface area contributed by atoms with Gasteiger partial charge in [0.05, 0.1) is 11.7 Å². The molecule has 0 atom stereocenters. The average molecular weight is 331 g/mol. The Labute approximate surface area is 112 Å². The number of alkyl halides is 2. The van der Waals surface area contributed by atoms with Gasteiger partial charge in [-0.2, -0.15) is 5.10 Å². The molecular formula is C10H5BrF2N4S. The standard InChI is InChI=1S/C10H5BrF2N4S/c11-6-2-1-5-4-14-17(7(5)3-6)10-16-15-9(18-10)8(12)13/h1-4,8H. The van der Waals surface area contributed by atoms with Crippen molar-refractivity contribution < 1.29 is 8.78 Å². The molecule has 8 heteroatoms. The summed E-state index contributed by atoms with van der Waals surface area (Å²) in [6.45, 7) is 0. The number of nitrogens with zero attached hydrogens (tertiary/aromatic N) is 4. The summed E-state index contributed by atoms with van der Waals surface area (Å²) >= 11 is 4.19. The van der Waals surface area contributed by atoms with E-state index in [4.69, 9.17) is 0 Å². The minimum atomic E-state index is -2.61. The third kappa shape index (κ3) is 1.91. The van der Waals surface area contributed by atoms with Crippen molar-refractivity contribution in [3.8, 4) is 5.13 Å². The van der Waals surface area contributed by atoms with Crippen molar-refractivity contribution >= 4 is 38.2 Å². The normalized spacial score (nSPS) is 11.6. The number of benzene rings is 1. The molecule has 2 aromatic heterocycles. The summed E-state index contributed by atoms with van der Waals surface area (Å²) in [6.07, 6.45) is -0.949. The van der Waals surface area contributed by atoms with Gasteiger partial charge in [0.1, 0.15) is 0 Å². The van der Waals surface area contributed by atoms with Gasteiger partial charge in [0.15, 0.2) is 5.01 Å². The van der Waals surface area contributed by atoms with Crippen LogP contribution in [0.1, 0.15) is 11.4 Å². The fourth-order valence-electron chi connectivity index (χ4n) is 1.54. The molecular weight excluding hydrogens is 326 g/mol. The molecule has 0 amide bonds. The van der Waals surface area contributed by atoms with Crippen molar-refractivity contribution in [1.29, 1.82) is 0 Å². The molecule has 0 saturated carbocycles. The van der Waals surface area contributed by atoms with Crippen molar-refractivity contribution in [2.24, 2.45) is 0 Å². The van der Waals surface area contributed by atoms with Crippen LogP contribution < -0.4 is 0 Å². The van der Waals surface area contributed by atoms with Crippen molar-refractivity contribution in [1.82, 2.24) is 20.0 Å². The molecule has 0 radical (unpaired) electrons. The molecule has 1 aromatic carbocycles. The number of halogens is 3. The van der Waals surface area contributed by atoms with Gasteiger partial charge in [-0.15, -0.1) is 10.2 Å². The predicted octanol–water partition coefficient (Wildman–Crippen LogP) is 3.58. The van der Waals surface area contributed by atoms with Crippen LogP contribution in [-0.2, 0) is 0 Å². The maximum Gasteiger partial charge on any atom is 0.291 e. The second-order valence-corrected chi connectivity index (χ2v) is 5.39. The second kappa shape index (κ2) is 4.36. The van der Waals surface area contributed by atoms with Crippen molar-refractivity contribution in [2.75, 3.05) is 0 Å². The van der Waals surface area contributed by atoms with E-state index in [1.165, 1.54) is 4.68 Å². The molecule has 0 unspecified atom stereocenters. The van der Waals surface area contributed by atoms with Crippen LogP contribution >= 0.6 is 27.3 Å². The lowest BCUT2D eigenvalue weighted by atomic mass is 10.3. The third-order valence-corrected chi connectivity index (χ3v) is 3.73. The highest BCUT2D eigenvalue weighted by molar-refractivity contribution is 9.10. The molecule has 0 aliphatic rings. The zero-order chi connectivity index (χ0) is 12.7. The van der Waals surface area contributed by atoms with Gasteiger partial charge in [0.25, 0.3) is 6.43 Å². The van der Waals surface area contributed by atoms with Crippen LogP contribution in [0.4, 0.5) is 8.78 Å². The third-order valence-electron chi connectivity index (χ3n) is 2.33. The Morgan fingerprint density at radius 3 is 2.83 bits per heavy atom. The summed E-state index contributed by atoms with van der Waals surface area (Å²) in [5.41, 5.74) is 0.793. The number of aromatic nitrogens is 4. The Morgan fingerprint density at radius 2 is 2.11 bits per heavy atom. The lowest BCUT2D eigenvalue weighted by Gasteiger charge is -1.97. The zero-order valence-corrected chi connectivity index (χ0v) is 11.1. The van der Waals surface area contributed by atoms with Crippen LogP contribution in [-0.4, -0.2) is 20.0 Å². The van der Waals surface area contributed by atoms with E-state index < -0.39 is 6.43 Å². The molecule has 0 spiro atoms. The van der Waals surface area contributed by atoms with Crippen LogP contribution in [0.25, 0.3) is 16.0 Å². The molecule has 18 heavy (non-hydrogen) atoms. The lowest BCUT2D eigenvalue weighted by molar-refractivity contribution is 0.150. The fraction of sp³-hybridized carbons (Fsp3) is 0.100. The molecule has 92 valence electrons. The molecule has 4 nitrogen and oxygen atoms in total. The van der Waals surface area contributed by atoms with E-state index in [9.17, 15) is 8.78 Å². The first-order chi connectivity index (χ1) is 8.65. The molecule has 3 aromatic rings. The summed E-state index contributed by atoms with van der Waals surface area (Å²) < 4.78 is 27.3. The molecule has 0 fully saturated rings. The Morgan fingerprint density at radius 1 is 1.28 bits per heavy atom. The van der Waals surface area contributed by atoms with Crippen LogP contribution in [0, 0.1) is 0 Å². The second-order valence-electron chi connectivity index (χ2n) is 3.48. The predicted molar refractivity (Wildman–Crippen MR) is 67.2 cm³/mol. The highest BCUT2D eigenvalue weighted by Crippen LogP contribution is 2.27. The number of rotatable bonds is 2. The van der Waals surface area contributed by atoms with E-state index in [1.54, 1.807) is 6.20 Å². The smallest absolute Gasteiger partial charge is 0.204 e. The van der Waals surface area contributed by atoms with E-state index >= 15 is 0 Å². The van der Waals surface area contributed by atoms with Crippen molar-refractivity contribution in [2.45, 2.75) is 6.43 Å². The molecule has 3 rings (SSSR count). The number of hydrogen-bond donors (Lipinski definition) is 0. The SMILES string of the molecule is FC(F)c1nnc(-n2ncc3ccc(Br)cc32)s1. The first-order valence-corrected chi connectivity index (χ1v) is 6.51. The Kier molecular flexibility index (Phi) is 2.83. The van der Waals surface area contributed by atoms with E-state index in [0.29, 0.717) is 5.13 Å². The van der Waals surface area contributed by atoms with Gasteiger partial charge in [0, 0.05) is 9.86 Å². The van der Waals surface area contributed by atoms with Gasteiger partial charge in [-0.25, -0.2) is 13.5 Å². The van der Waals surface area contributed by atoms with E-state index in [0.717, 1.165) is 26.7 Å². The number of fused-ring (bicyclic) bond motifs is 1. The van der Waals surface area contributed by atoms with E-state index in [-0.39, 0.29) is 5.01 Å². The van der Waals surface area contributed by atoms with Crippen molar-refractivity contribution in [3.05, 3.63) is 33.9 Å². The van der Waals surface area contributed by atoms with Gasteiger partial charge in [-0.3, -0.25) is 0 Å².